The maximum Gasteiger partial charge on any atom is 0.276 e. The van der Waals surface area contributed by atoms with Gasteiger partial charge in [0.15, 0.2) is 11.5 Å². The van der Waals surface area contributed by atoms with Crippen molar-refractivity contribution >= 4 is 5.91 Å². The van der Waals surface area contributed by atoms with Crippen LogP contribution in [-0.4, -0.2) is 50.1 Å². The predicted molar refractivity (Wildman–Crippen MR) is 96.1 cm³/mol. The van der Waals surface area contributed by atoms with E-state index in [1.165, 1.54) is 0 Å². The van der Waals surface area contributed by atoms with Crippen molar-refractivity contribution in [2.24, 2.45) is 0 Å². The summed E-state index contributed by atoms with van der Waals surface area (Å²) < 4.78 is 11.2. The van der Waals surface area contributed by atoms with E-state index < -0.39 is 0 Å². The van der Waals surface area contributed by atoms with Crippen LogP contribution in [0, 0.1) is 6.92 Å². The van der Waals surface area contributed by atoms with Gasteiger partial charge in [0.2, 0.25) is 5.88 Å². The van der Waals surface area contributed by atoms with E-state index in [1.54, 1.807) is 35.6 Å². The summed E-state index contributed by atoms with van der Waals surface area (Å²) in [6.45, 7) is 3.02. The highest BCUT2D eigenvalue weighted by atomic mass is 16.5. The molecule has 1 aliphatic rings. The number of aromatic nitrogens is 4. The zero-order chi connectivity index (χ0) is 18.6. The first-order valence-electron chi connectivity index (χ1n) is 8.82. The molecule has 0 aromatic carbocycles. The third-order valence-corrected chi connectivity index (χ3v) is 4.44. The summed E-state index contributed by atoms with van der Waals surface area (Å²) in [5.41, 5.74) is 1.09. The van der Waals surface area contributed by atoms with E-state index in [4.69, 9.17) is 9.26 Å². The SMILES string of the molecule is Cc1nccc(OC2CCN(C(=O)c3cc(-c4cccnc4)on3)CC2)n1. The molecule has 1 saturated heterocycles. The van der Waals surface area contributed by atoms with Crippen molar-refractivity contribution < 1.29 is 14.1 Å². The third kappa shape index (κ3) is 3.94. The molecule has 8 nitrogen and oxygen atoms in total. The first kappa shape index (κ1) is 17.1. The summed E-state index contributed by atoms with van der Waals surface area (Å²) >= 11 is 0. The molecule has 0 N–H and O–H groups in total. The topological polar surface area (TPSA) is 94.2 Å². The van der Waals surface area contributed by atoms with Crippen molar-refractivity contribution in [2.45, 2.75) is 25.9 Å². The lowest BCUT2D eigenvalue weighted by atomic mass is 10.1. The Kier molecular flexibility index (Phi) is 4.78. The molecular weight excluding hydrogens is 346 g/mol. The van der Waals surface area contributed by atoms with Crippen molar-refractivity contribution in [3.63, 3.8) is 0 Å². The second-order valence-electron chi connectivity index (χ2n) is 6.37. The summed E-state index contributed by atoms with van der Waals surface area (Å²) in [6.07, 6.45) is 6.55. The van der Waals surface area contributed by atoms with Crippen LogP contribution in [0.4, 0.5) is 0 Å². The van der Waals surface area contributed by atoms with E-state index in [2.05, 4.69) is 20.1 Å². The van der Waals surface area contributed by atoms with Gasteiger partial charge in [-0.3, -0.25) is 9.78 Å². The number of piperidine rings is 1. The Bertz CT molecular complexity index is 920. The molecule has 4 heterocycles. The number of carbonyl (C=O) groups is 1. The van der Waals surface area contributed by atoms with E-state index in [1.807, 2.05) is 19.1 Å². The number of nitrogens with zero attached hydrogens (tertiary/aromatic N) is 5. The Morgan fingerprint density at radius 1 is 1.26 bits per heavy atom. The van der Waals surface area contributed by atoms with Gasteiger partial charge in [-0.05, 0) is 19.1 Å². The molecule has 1 aliphatic heterocycles. The lowest BCUT2D eigenvalue weighted by molar-refractivity contribution is 0.0578. The quantitative estimate of drug-likeness (QED) is 0.701. The van der Waals surface area contributed by atoms with E-state index >= 15 is 0 Å². The molecule has 8 heteroatoms. The highest BCUT2D eigenvalue weighted by molar-refractivity contribution is 5.93. The first-order chi connectivity index (χ1) is 13.2. The average molecular weight is 365 g/mol. The molecule has 27 heavy (non-hydrogen) atoms. The summed E-state index contributed by atoms with van der Waals surface area (Å²) in [7, 11) is 0. The lowest BCUT2D eigenvalue weighted by Gasteiger charge is -2.31. The van der Waals surface area contributed by atoms with Gasteiger partial charge in [0, 0.05) is 62.2 Å². The molecule has 1 fully saturated rings. The van der Waals surface area contributed by atoms with Gasteiger partial charge in [-0.15, -0.1) is 0 Å². The zero-order valence-electron chi connectivity index (χ0n) is 14.9. The van der Waals surface area contributed by atoms with Crippen molar-refractivity contribution in [2.75, 3.05) is 13.1 Å². The third-order valence-electron chi connectivity index (χ3n) is 4.44. The van der Waals surface area contributed by atoms with Gasteiger partial charge in [0.05, 0.1) is 0 Å². The summed E-state index contributed by atoms with van der Waals surface area (Å²) in [5.74, 6) is 1.65. The van der Waals surface area contributed by atoms with E-state index in [0.717, 1.165) is 18.4 Å². The van der Waals surface area contributed by atoms with Crippen molar-refractivity contribution in [3.05, 3.63) is 54.4 Å². The Hall–Kier alpha value is -3.29. The molecule has 0 bridgehead atoms. The van der Waals surface area contributed by atoms with Gasteiger partial charge in [0.1, 0.15) is 11.9 Å². The van der Waals surface area contributed by atoms with Crippen LogP contribution in [0.15, 0.2) is 47.4 Å². The molecule has 1 amide bonds. The second-order valence-corrected chi connectivity index (χ2v) is 6.37. The Morgan fingerprint density at radius 2 is 2.11 bits per heavy atom. The second kappa shape index (κ2) is 7.53. The van der Waals surface area contributed by atoms with Crippen LogP contribution in [0.2, 0.25) is 0 Å². The standard InChI is InChI=1S/C19H19N5O3/c1-13-21-8-4-18(22-13)26-15-5-9-24(10-6-15)19(25)16-11-17(27-23-16)14-3-2-7-20-12-14/h2-4,7-8,11-12,15H,5-6,9-10H2,1H3. The molecule has 3 aromatic rings. The predicted octanol–water partition coefficient (Wildman–Crippen LogP) is 2.52. The smallest absolute Gasteiger partial charge is 0.276 e. The number of hydrogen-bond acceptors (Lipinski definition) is 7. The number of rotatable bonds is 4. The Labute approximate surface area is 156 Å². The van der Waals surface area contributed by atoms with Crippen LogP contribution >= 0.6 is 0 Å². The lowest BCUT2D eigenvalue weighted by Crippen LogP contribution is -2.42. The molecule has 0 atom stereocenters. The van der Waals surface area contributed by atoms with Gasteiger partial charge in [0.25, 0.3) is 5.91 Å². The van der Waals surface area contributed by atoms with E-state index in [9.17, 15) is 4.79 Å². The number of pyridine rings is 1. The minimum atomic E-state index is -0.134. The fourth-order valence-electron chi connectivity index (χ4n) is 3.03. The minimum absolute atomic E-state index is 0.0339. The van der Waals surface area contributed by atoms with Gasteiger partial charge in [-0.25, -0.2) is 4.98 Å². The minimum Gasteiger partial charge on any atom is -0.474 e. The summed E-state index contributed by atoms with van der Waals surface area (Å²) in [4.78, 5) is 26.8. The number of amides is 1. The van der Waals surface area contributed by atoms with Gasteiger partial charge >= 0.3 is 0 Å². The number of carbonyl (C=O) groups excluding carboxylic acids is 1. The van der Waals surface area contributed by atoms with Crippen LogP contribution in [-0.2, 0) is 0 Å². The normalized spacial score (nSPS) is 14.9. The first-order valence-corrected chi connectivity index (χ1v) is 8.82. The number of likely N-dealkylation sites (tertiary alicyclic amines) is 1. The van der Waals surface area contributed by atoms with Crippen LogP contribution in [0.5, 0.6) is 5.88 Å². The molecule has 3 aromatic heterocycles. The van der Waals surface area contributed by atoms with Crippen LogP contribution in [0.1, 0.15) is 29.2 Å². The largest absolute Gasteiger partial charge is 0.474 e. The van der Waals surface area contributed by atoms with Gasteiger partial charge < -0.3 is 14.2 Å². The zero-order valence-corrected chi connectivity index (χ0v) is 14.9. The van der Waals surface area contributed by atoms with Crippen LogP contribution in [0.25, 0.3) is 11.3 Å². The molecular formula is C19H19N5O3. The van der Waals surface area contributed by atoms with Crippen LogP contribution < -0.4 is 4.74 Å². The Morgan fingerprint density at radius 3 is 2.85 bits per heavy atom. The molecule has 0 unspecified atom stereocenters. The highest BCUT2D eigenvalue weighted by Crippen LogP contribution is 2.22. The van der Waals surface area contributed by atoms with E-state index in [-0.39, 0.29) is 12.0 Å². The maximum absolute atomic E-state index is 12.7. The summed E-state index contributed by atoms with van der Waals surface area (Å²) in [5, 5.41) is 3.92. The monoisotopic (exact) mass is 365 g/mol. The fourth-order valence-corrected chi connectivity index (χ4v) is 3.03. The molecule has 0 radical (unpaired) electrons. The van der Waals surface area contributed by atoms with Crippen LogP contribution in [0.3, 0.4) is 0 Å². The molecule has 0 spiro atoms. The molecule has 4 rings (SSSR count). The highest BCUT2D eigenvalue weighted by Gasteiger charge is 2.27. The molecule has 138 valence electrons. The maximum atomic E-state index is 12.7. The Balaban J connectivity index is 1.35. The van der Waals surface area contributed by atoms with Crippen molar-refractivity contribution in [1.82, 2.24) is 25.0 Å². The van der Waals surface area contributed by atoms with Gasteiger partial charge in [-0.1, -0.05) is 5.16 Å². The molecule has 0 saturated carbocycles. The fraction of sp³-hybridized carbons (Fsp3) is 0.316. The van der Waals surface area contributed by atoms with E-state index in [0.29, 0.717) is 36.2 Å². The van der Waals surface area contributed by atoms with Gasteiger partial charge in [-0.2, -0.15) is 4.98 Å². The average Bonchev–Trinajstić information content (AvgIpc) is 3.19. The number of hydrogen-bond donors (Lipinski definition) is 0. The molecule has 0 aliphatic carbocycles. The number of aryl methyl sites for hydroxylation is 1. The summed E-state index contributed by atoms with van der Waals surface area (Å²) in [6, 6.07) is 7.08. The van der Waals surface area contributed by atoms with Crippen molar-refractivity contribution in [1.29, 1.82) is 0 Å². The van der Waals surface area contributed by atoms with Crippen molar-refractivity contribution in [3.8, 4) is 17.2 Å². The number of ether oxygens (including phenoxy) is 1.